The van der Waals surface area contributed by atoms with Crippen molar-refractivity contribution in [3.63, 3.8) is 0 Å². The summed E-state index contributed by atoms with van der Waals surface area (Å²) in [6.45, 7) is 13.0. The van der Waals surface area contributed by atoms with Crippen molar-refractivity contribution in [3.8, 4) is 11.5 Å². The Kier molecular flexibility index (Phi) is 6.35. The number of hydrogen-bond donors (Lipinski definition) is 3. The summed E-state index contributed by atoms with van der Waals surface area (Å²) in [5.41, 5.74) is -1.40. The molecule has 3 aliphatic carbocycles. The van der Waals surface area contributed by atoms with Crippen molar-refractivity contribution in [1.29, 1.82) is 0 Å². The van der Waals surface area contributed by atoms with E-state index in [1.807, 2.05) is 26.8 Å². The van der Waals surface area contributed by atoms with E-state index < -0.39 is 40.3 Å². The molecule has 3 saturated carbocycles. The smallest absolute Gasteiger partial charge is 0.343 e. The summed E-state index contributed by atoms with van der Waals surface area (Å²) < 4.78 is 11.9. The maximum atomic E-state index is 13.5. The van der Waals surface area contributed by atoms with Crippen LogP contribution in [0, 0.1) is 29.6 Å². The maximum Gasteiger partial charge on any atom is 0.343 e. The molecule has 0 aromatic heterocycles. The van der Waals surface area contributed by atoms with Crippen LogP contribution in [0.15, 0.2) is 29.9 Å². The molecule has 6 atom stereocenters. The van der Waals surface area contributed by atoms with Crippen molar-refractivity contribution in [2.45, 2.75) is 72.0 Å². The zero-order valence-corrected chi connectivity index (χ0v) is 22.3. The number of carbonyl (C=O) groups excluding carboxylic acids is 2. The predicted molar refractivity (Wildman–Crippen MR) is 135 cm³/mol. The highest BCUT2D eigenvalue weighted by Crippen LogP contribution is 2.71. The molecule has 0 heterocycles. The summed E-state index contributed by atoms with van der Waals surface area (Å²) in [4.78, 5) is 39.0. The van der Waals surface area contributed by atoms with Crippen molar-refractivity contribution >= 4 is 17.7 Å². The third-order valence-corrected chi connectivity index (χ3v) is 9.33. The lowest BCUT2D eigenvalue weighted by atomic mass is 9.68. The molecule has 0 aliphatic heterocycles. The first-order chi connectivity index (χ1) is 17.1. The van der Waals surface area contributed by atoms with E-state index in [-0.39, 0.29) is 46.5 Å². The molecule has 4 rings (SSSR count). The lowest BCUT2D eigenvalue weighted by Gasteiger charge is -2.42. The molecule has 3 N–H and O–H groups in total. The van der Waals surface area contributed by atoms with Gasteiger partial charge in [0.25, 0.3) is 0 Å². The van der Waals surface area contributed by atoms with Gasteiger partial charge in [-0.25, -0.2) is 4.79 Å². The monoisotopic (exact) mass is 512 g/mol. The summed E-state index contributed by atoms with van der Waals surface area (Å²) in [5.74, 6) is -2.97. The highest BCUT2D eigenvalue weighted by Gasteiger charge is 2.76. The zero-order valence-electron chi connectivity index (χ0n) is 22.3. The fraction of sp³-hybridized carbons (Fsp3) is 0.552. The highest BCUT2D eigenvalue weighted by atomic mass is 16.6. The minimum atomic E-state index is -1.29. The van der Waals surface area contributed by atoms with E-state index in [9.17, 15) is 29.7 Å². The second kappa shape index (κ2) is 8.72. The van der Waals surface area contributed by atoms with Crippen LogP contribution in [0.2, 0.25) is 0 Å². The standard InChI is InChI=1S/C29H36O8/c1-14(2)8-9-18-20(30)10-15(3)21(23(18)32)25(33)37-24-22(31)16(4)28(6)19-13-27(5,26(34)35)11-17(19)12-29(24,28)36-7/h8,10,17,19,24,30,32H,4,9,11-13H2,1-3,5-7H3,(H,34,35). The minimum absolute atomic E-state index is 0.0448. The summed E-state index contributed by atoms with van der Waals surface area (Å²) in [7, 11) is 1.48. The van der Waals surface area contributed by atoms with Crippen LogP contribution in [0.4, 0.5) is 0 Å². The summed E-state index contributed by atoms with van der Waals surface area (Å²) in [6, 6.07) is 1.39. The summed E-state index contributed by atoms with van der Waals surface area (Å²) in [6.07, 6.45) is 1.89. The first kappa shape index (κ1) is 26.9. The van der Waals surface area contributed by atoms with Gasteiger partial charge in [0, 0.05) is 23.7 Å². The number of phenols is 2. The summed E-state index contributed by atoms with van der Waals surface area (Å²) >= 11 is 0. The molecule has 8 nitrogen and oxygen atoms in total. The van der Waals surface area contributed by atoms with Gasteiger partial charge in [0.2, 0.25) is 5.78 Å². The number of methoxy groups -OCH3 is 1. The van der Waals surface area contributed by atoms with Gasteiger partial charge in [-0.2, -0.15) is 0 Å². The topological polar surface area (TPSA) is 130 Å². The average Bonchev–Trinajstić information content (AvgIpc) is 3.31. The van der Waals surface area contributed by atoms with Gasteiger partial charge >= 0.3 is 11.9 Å². The van der Waals surface area contributed by atoms with Crippen LogP contribution in [-0.2, 0) is 25.5 Å². The maximum absolute atomic E-state index is 13.5. The van der Waals surface area contributed by atoms with E-state index in [2.05, 4.69) is 6.58 Å². The van der Waals surface area contributed by atoms with Gasteiger partial charge in [-0.05, 0) is 76.8 Å². The number of carboxylic acids is 1. The molecular weight excluding hydrogens is 476 g/mol. The molecule has 37 heavy (non-hydrogen) atoms. The van der Waals surface area contributed by atoms with Crippen LogP contribution in [-0.4, -0.2) is 51.9 Å². The Labute approximate surface area is 217 Å². The van der Waals surface area contributed by atoms with E-state index in [1.54, 1.807) is 13.8 Å². The van der Waals surface area contributed by atoms with Gasteiger partial charge in [-0.15, -0.1) is 0 Å². The molecule has 0 saturated heterocycles. The SMILES string of the molecule is C=C1C(=O)C(OC(=O)c2c(C)cc(O)c(CC=C(C)C)c2O)C2(OC)CC3CC(C)(C(=O)O)CC3C12C. The van der Waals surface area contributed by atoms with Gasteiger partial charge in [-0.3, -0.25) is 9.59 Å². The van der Waals surface area contributed by atoms with E-state index >= 15 is 0 Å². The van der Waals surface area contributed by atoms with Crippen molar-refractivity contribution in [2.24, 2.45) is 22.7 Å². The van der Waals surface area contributed by atoms with Crippen molar-refractivity contribution in [2.75, 3.05) is 7.11 Å². The Morgan fingerprint density at radius 1 is 1.19 bits per heavy atom. The normalized spacial score (nSPS) is 34.3. The molecule has 6 unspecified atom stereocenters. The third kappa shape index (κ3) is 3.63. The summed E-state index contributed by atoms with van der Waals surface area (Å²) in [5, 5.41) is 31.2. The van der Waals surface area contributed by atoms with Crippen LogP contribution in [0.25, 0.3) is 0 Å². The highest BCUT2D eigenvalue weighted by molar-refractivity contribution is 6.07. The van der Waals surface area contributed by atoms with E-state index in [0.717, 1.165) is 5.57 Å². The van der Waals surface area contributed by atoms with Gasteiger partial charge in [-0.1, -0.05) is 25.2 Å². The number of carbonyl (C=O) groups is 3. The minimum Gasteiger partial charge on any atom is -0.508 e. The molecule has 8 heteroatoms. The molecule has 0 bridgehead atoms. The fourth-order valence-corrected chi connectivity index (χ4v) is 7.23. The Morgan fingerprint density at radius 3 is 2.41 bits per heavy atom. The zero-order chi connectivity index (χ0) is 27.7. The van der Waals surface area contributed by atoms with Crippen molar-refractivity contribution in [1.82, 2.24) is 0 Å². The number of phenolic OH excluding ortho intramolecular Hbond substituents is 2. The number of benzene rings is 1. The van der Waals surface area contributed by atoms with Crippen LogP contribution < -0.4 is 0 Å². The van der Waals surface area contributed by atoms with Crippen LogP contribution in [0.3, 0.4) is 0 Å². The second-order valence-corrected chi connectivity index (χ2v) is 11.7. The molecule has 0 amide bonds. The number of carboxylic acid groups (broad SMARTS) is 1. The first-order valence-corrected chi connectivity index (χ1v) is 12.6. The molecular formula is C29H36O8. The molecule has 1 aromatic carbocycles. The molecule has 200 valence electrons. The second-order valence-electron chi connectivity index (χ2n) is 11.7. The Morgan fingerprint density at radius 2 is 1.84 bits per heavy atom. The Bertz CT molecular complexity index is 1240. The number of Topliss-reactive ketones (excluding diaryl/α,β-unsaturated/α-hetero) is 1. The largest absolute Gasteiger partial charge is 0.508 e. The quantitative estimate of drug-likeness (QED) is 0.289. The number of allylic oxidation sites excluding steroid dienone is 2. The average molecular weight is 513 g/mol. The fourth-order valence-electron chi connectivity index (χ4n) is 7.23. The third-order valence-electron chi connectivity index (χ3n) is 9.33. The van der Waals surface area contributed by atoms with Crippen LogP contribution >= 0.6 is 0 Å². The van der Waals surface area contributed by atoms with Gasteiger partial charge in [0.05, 0.1) is 5.41 Å². The Balaban J connectivity index is 1.72. The number of hydrogen-bond acceptors (Lipinski definition) is 7. The number of ketones is 1. The van der Waals surface area contributed by atoms with E-state index in [4.69, 9.17) is 9.47 Å². The van der Waals surface area contributed by atoms with Crippen molar-refractivity contribution < 1.29 is 39.2 Å². The number of esters is 1. The van der Waals surface area contributed by atoms with Gasteiger partial charge < -0.3 is 24.8 Å². The number of aliphatic carboxylic acids is 1. The van der Waals surface area contributed by atoms with E-state index in [0.29, 0.717) is 24.8 Å². The lowest BCUT2D eigenvalue weighted by Crippen LogP contribution is -2.52. The molecule has 0 radical (unpaired) electrons. The molecule has 3 aliphatic rings. The predicted octanol–water partition coefficient (Wildman–Crippen LogP) is 4.49. The van der Waals surface area contributed by atoms with Gasteiger partial charge in [0.1, 0.15) is 22.7 Å². The number of rotatable bonds is 6. The first-order valence-electron chi connectivity index (χ1n) is 12.6. The van der Waals surface area contributed by atoms with Crippen molar-refractivity contribution in [3.05, 3.63) is 46.6 Å². The number of fused-ring (bicyclic) bond motifs is 3. The molecule has 1 aromatic rings. The number of ether oxygens (including phenoxy) is 2. The van der Waals surface area contributed by atoms with Crippen LogP contribution in [0.5, 0.6) is 11.5 Å². The lowest BCUT2D eigenvalue weighted by molar-refractivity contribution is -0.155. The molecule has 3 fully saturated rings. The van der Waals surface area contributed by atoms with Gasteiger partial charge in [0.15, 0.2) is 6.10 Å². The number of aromatic hydroxyl groups is 2. The molecule has 0 spiro atoms. The number of aryl methyl sites for hydroxylation is 1. The van der Waals surface area contributed by atoms with E-state index in [1.165, 1.54) is 13.2 Å². The Hall–Kier alpha value is -3.13. The van der Waals surface area contributed by atoms with Crippen LogP contribution in [0.1, 0.15) is 68.4 Å².